The smallest absolute Gasteiger partial charge is 0.407 e. The van der Waals surface area contributed by atoms with Gasteiger partial charge in [0, 0.05) is 72.3 Å². The van der Waals surface area contributed by atoms with Crippen molar-refractivity contribution in [2.75, 3.05) is 13.7 Å². The highest BCUT2D eigenvalue weighted by Gasteiger charge is 2.38. The topological polar surface area (TPSA) is 176 Å². The molecule has 53 heavy (non-hydrogen) atoms. The summed E-state index contributed by atoms with van der Waals surface area (Å²) in [6, 6.07) is 12.4. The second-order valence-corrected chi connectivity index (χ2v) is 14.6. The van der Waals surface area contributed by atoms with Gasteiger partial charge in [-0.15, -0.1) is 0 Å². The van der Waals surface area contributed by atoms with E-state index in [0.29, 0.717) is 92.8 Å². The van der Waals surface area contributed by atoms with Crippen LogP contribution < -0.4 is 20.9 Å². The zero-order chi connectivity index (χ0) is 37.6. The predicted molar refractivity (Wildman–Crippen MR) is 199 cm³/mol. The summed E-state index contributed by atoms with van der Waals surface area (Å²) in [4.78, 5) is 47.5. The molecule has 4 N–H and O–H groups in total. The van der Waals surface area contributed by atoms with Crippen molar-refractivity contribution in [2.45, 2.75) is 63.4 Å². The fourth-order valence-corrected chi connectivity index (χ4v) is 7.69. The quantitative estimate of drug-likeness (QED) is 0.145. The first-order chi connectivity index (χ1) is 25.3. The zero-order valence-corrected chi connectivity index (χ0v) is 30.8. The molecular formula is C37H38Cl2N8O6. The second kappa shape index (κ2) is 14.4. The largest absolute Gasteiger partial charge is 0.481 e. The molecule has 1 atom stereocenters. The van der Waals surface area contributed by atoms with Crippen molar-refractivity contribution in [3.8, 4) is 39.5 Å². The first kappa shape index (κ1) is 36.3. The van der Waals surface area contributed by atoms with Crippen molar-refractivity contribution >= 4 is 40.7 Å². The van der Waals surface area contributed by atoms with Crippen LogP contribution in [0, 0.1) is 0 Å². The van der Waals surface area contributed by atoms with Gasteiger partial charge in [0.05, 0.1) is 47.2 Å². The Morgan fingerprint density at radius 3 is 2.58 bits per heavy atom. The predicted octanol–water partition coefficient (Wildman–Crippen LogP) is 4.90. The van der Waals surface area contributed by atoms with Crippen LogP contribution in [0.25, 0.3) is 39.2 Å². The number of carbonyl (C=O) groups excluding carboxylic acids is 1. The first-order valence-corrected chi connectivity index (χ1v) is 17.9. The highest BCUT2D eigenvalue weighted by molar-refractivity contribution is 6.39. The van der Waals surface area contributed by atoms with Gasteiger partial charge in [0.1, 0.15) is 11.3 Å². The number of aromatic nitrogens is 5. The average molecular weight is 762 g/mol. The lowest BCUT2D eigenvalue weighted by atomic mass is 9.77. The van der Waals surface area contributed by atoms with Crippen molar-refractivity contribution in [3.05, 3.63) is 86.6 Å². The third-order valence-corrected chi connectivity index (χ3v) is 10.7. The number of nitrogens with zero attached hydrogens (tertiary/aromatic N) is 6. The summed E-state index contributed by atoms with van der Waals surface area (Å²) in [5, 5.41) is 31.5. The number of carbonyl (C=O) groups is 2. The van der Waals surface area contributed by atoms with E-state index >= 15 is 0 Å². The monoisotopic (exact) mass is 760 g/mol. The van der Waals surface area contributed by atoms with Crippen molar-refractivity contribution in [1.29, 1.82) is 0 Å². The van der Waals surface area contributed by atoms with Gasteiger partial charge in [-0.2, -0.15) is 5.10 Å². The number of fused-ring (bicyclic) bond motifs is 1. The SMILES string of the molecule is COc1nc(-c2cccc(-c3ccnc(-c4cc5c(=O)n(C)c(CNC6CC(C)(O)C6)nn5c4)c3Cl)c2Cl)ccc1CN(C[C@@H]1CCC(=O)N1)C(=O)O. The number of aliphatic hydroxyl groups is 1. The maximum Gasteiger partial charge on any atom is 0.407 e. The molecule has 1 saturated carbocycles. The van der Waals surface area contributed by atoms with E-state index < -0.39 is 11.7 Å². The Kier molecular flexibility index (Phi) is 9.89. The van der Waals surface area contributed by atoms with E-state index in [1.807, 2.05) is 25.1 Å². The van der Waals surface area contributed by atoms with Crippen LogP contribution in [0.5, 0.6) is 5.88 Å². The normalized spacial score (nSPS) is 19.6. The average Bonchev–Trinajstić information content (AvgIpc) is 3.74. The number of ether oxygens (including phenoxy) is 1. The van der Waals surface area contributed by atoms with Crippen LogP contribution in [0.2, 0.25) is 10.0 Å². The summed E-state index contributed by atoms with van der Waals surface area (Å²) < 4.78 is 8.63. The number of hydrogen-bond donors (Lipinski definition) is 4. The standard InChI is InChI=1S/C37H38Cl2N8O6/c1-37(52)14-23(15-37)41-16-29-44-47-18-21(13-28(47)35(49)45(29)2)33-32(39)25(11-12-40-33)24-5-4-6-26(31(24)38)27-9-7-20(34(43-27)53-3)17-46(36(50)51)19-22-8-10-30(48)42-22/h4-7,9,11-13,18,22-23,41,52H,8,10,14-17,19H2,1-3H3,(H,42,48)(H,50,51)/t22-,23?,37?/m0/s1. The molecule has 276 valence electrons. The number of nitrogens with one attached hydrogen (secondary N) is 2. The molecule has 0 radical (unpaired) electrons. The lowest BCUT2D eigenvalue weighted by Crippen LogP contribution is -2.51. The summed E-state index contributed by atoms with van der Waals surface area (Å²) in [5.41, 5.74) is 3.41. The Hall–Kier alpha value is -5.02. The Morgan fingerprint density at radius 2 is 1.89 bits per heavy atom. The number of pyridine rings is 2. The molecule has 1 aliphatic carbocycles. The van der Waals surface area contributed by atoms with Crippen LogP contribution in [0.15, 0.2) is 59.7 Å². The van der Waals surface area contributed by atoms with Gasteiger partial charge >= 0.3 is 6.09 Å². The number of carboxylic acid groups (broad SMARTS) is 1. The van der Waals surface area contributed by atoms with Crippen LogP contribution in [0.3, 0.4) is 0 Å². The van der Waals surface area contributed by atoms with E-state index in [1.54, 1.807) is 43.7 Å². The number of methoxy groups -OCH3 is 1. The third-order valence-electron chi connectivity index (χ3n) is 9.87. The van der Waals surface area contributed by atoms with Crippen LogP contribution in [-0.4, -0.2) is 82.6 Å². The number of hydrogen-bond acceptors (Lipinski definition) is 9. The summed E-state index contributed by atoms with van der Waals surface area (Å²) in [7, 11) is 3.14. The van der Waals surface area contributed by atoms with Crippen LogP contribution in [0.1, 0.15) is 44.0 Å². The van der Waals surface area contributed by atoms with Gasteiger partial charge in [0.2, 0.25) is 11.8 Å². The number of amides is 2. The molecule has 1 aromatic carbocycles. The minimum atomic E-state index is -1.12. The van der Waals surface area contributed by atoms with Crippen LogP contribution >= 0.6 is 23.2 Å². The van der Waals surface area contributed by atoms with E-state index in [4.69, 9.17) is 27.9 Å². The lowest BCUT2D eigenvalue weighted by molar-refractivity contribution is -0.119. The van der Waals surface area contributed by atoms with E-state index in [9.17, 15) is 24.6 Å². The fourth-order valence-electron chi connectivity index (χ4n) is 7.04. The number of benzene rings is 1. The Balaban J connectivity index is 1.16. The molecule has 4 aromatic heterocycles. The maximum absolute atomic E-state index is 13.4. The van der Waals surface area contributed by atoms with Gasteiger partial charge in [-0.05, 0) is 50.5 Å². The highest BCUT2D eigenvalue weighted by Crippen LogP contribution is 2.42. The molecule has 0 unspecified atom stereocenters. The molecule has 7 rings (SSSR count). The fraction of sp³-hybridized carbons (Fsp3) is 0.351. The van der Waals surface area contributed by atoms with E-state index in [1.165, 1.54) is 21.1 Å². The van der Waals surface area contributed by atoms with Crippen molar-refractivity contribution < 1.29 is 24.5 Å². The van der Waals surface area contributed by atoms with E-state index in [-0.39, 0.29) is 42.5 Å². The molecule has 2 fully saturated rings. The number of rotatable bonds is 11. The molecule has 0 bridgehead atoms. The van der Waals surface area contributed by atoms with Crippen molar-refractivity contribution in [1.82, 2.24) is 39.7 Å². The molecule has 1 saturated heterocycles. The Morgan fingerprint density at radius 1 is 1.13 bits per heavy atom. The van der Waals surface area contributed by atoms with Gasteiger partial charge in [0.25, 0.3) is 5.56 Å². The minimum absolute atomic E-state index is 0.0147. The minimum Gasteiger partial charge on any atom is -0.481 e. The molecule has 0 spiro atoms. The van der Waals surface area contributed by atoms with E-state index in [0.717, 1.165) is 0 Å². The molecule has 5 aromatic rings. The maximum atomic E-state index is 13.4. The molecular weight excluding hydrogens is 723 g/mol. The zero-order valence-electron chi connectivity index (χ0n) is 29.3. The van der Waals surface area contributed by atoms with Gasteiger partial charge in [-0.1, -0.05) is 41.4 Å². The van der Waals surface area contributed by atoms with Crippen molar-refractivity contribution in [2.24, 2.45) is 7.05 Å². The Labute approximate surface area is 314 Å². The molecule has 14 nitrogen and oxygen atoms in total. The van der Waals surface area contributed by atoms with Crippen LogP contribution in [-0.2, 0) is 24.9 Å². The van der Waals surface area contributed by atoms with E-state index in [2.05, 4.69) is 25.7 Å². The summed E-state index contributed by atoms with van der Waals surface area (Å²) in [6.45, 7) is 2.33. The summed E-state index contributed by atoms with van der Waals surface area (Å²) in [5.74, 6) is 0.699. The molecule has 2 aliphatic rings. The third kappa shape index (κ3) is 7.32. The highest BCUT2D eigenvalue weighted by atomic mass is 35.5. The molecule has 1 aliphatic heterocycles. The molecule has 5 heterocycles. The second-order valence-electron chi connectivity index (χ2n) is 13.8. The molecule has 2 amide bonds. The Bertz CT molecular complexity index is 2300. The van der Waals surface area contributed by atoms with Gasteiger partial charge in [0.15, 0.2) is 0 Å². The summed E-state index contributed by atoms with van der Waals surface area (Å²) in [6.07, 6.45) is 4.44. The molecule has 16 heteroatoms. The van der Waals surface area contributed by atoms with Gasteiger partial charge in [-0.3, -0.25) is 19.1 Å². The first-order valence-electron chi connectivity index (χ1n) is 17.1. The van der Waals surface area contributed by atoms with Crippen molar-refractivity contribution in [3.63, 3.8) is 0 Å². The van der Waals surface area contributed by atoms with Gasteiger partial charge < -0.3 is 30.5 Å². The summed E-state index contributed by atoms with van der Waals surface area (Å²) >= 11 is 14.1. The van der Waals surface area contributed by atoms with Crippen LogP contribution in [0.4, 0.5) is 4.79 Å². The lowest BCUT2D eigenvalue weighted by Gasteiger charge is -2.41. The number of halogens is 2. The van der Waals surface area contributed by atoms with Gasteiger partial charge in [-0.25, -0.2) is 14.3 Å².